The van der Waals surface area contributed by atoms with E-state index in [9.17, 15) is 18.0 Å². The van der Waals surface area contributed by atoms with Gasteiger partial charge in [-0.05, 0) is 31.6 Å². The highest BCUT2D eigenvalue weighted by Gasteiger charge is 2.23. The number of amides is 1. The molecular formula is C13H25NO5S. The fourth-order valence-electron chi connectivity index (χ4n) is 1.84. The van der Waals surface area contributed by atoms with E-state index in [-0.39, 0.29) is 12.3 Å². The lowest BCUT2D eigenvalue weighted by molar-refractivity contribution is -0.137. The van der Waals surface area contributed by atoms with Crippen molar-refractivity contribution < 1.29 is 23.1 Å². The number of carbonyl (C=O) groups excluding carboxylic acids is 1. The Bertz CT molecular complexity index is 430. The van der Waals surface area contributed by atoms with Crippen LogP contribution in [0, 0.1) is 11.8 Å². The van der Waals surface area contributed by atoms with Gasteiger partial charge in [0.1, 0.15) is 5.25 Å². The average molecular weight is 307 g/mol. The Morgan fingerprint density at radius 2 is 1.70 bits per heavy atom. The summed E-state index contributed by atoms with van der Waals surface area (Å²) in [5.41, 5.74) is 0. The van der Waals surface area contributed by atoms with E-state index in [1.807, 2.05) is 13.8 Å². The second-order valence-corrected chi connectivity index (χ2v) is 7.85. The van der Waals surface area contributed by atoms with Crippen molar-refractivity contribution in [3.8, 4) is 0 Å². The van der Waals surface area contributed by atoms with Crippen molar-refractivity contribution in [1.29, 1.82) is 0 Å². The van der Waals surface area contributed by atoms with Gasteiger partial charge in [0, 0.05) is 19.2 Å². The number of hydrogen-bond donors (Lipinski definition) is 2. The van der Waals surface area contributed by atoms with Gasteiger partial charge in [0.15, 0.2) is 9.84 Å². The van der Waals surface area contributed by atoms with E-state index in [2.05, 4.69) is 5.32 Å². The van der Waals surface area contributed by atoms with Crippen LogP contribution in [0.15, 0.2) is 0 Å². The van der Waals surface area contributed by atoms with Crippen molar-refractivity contribution in [2.75, 3.05) is 12.8 Å². The van der Waals surface area contributed by atoms with E-state index in [4.69, 9.17) is 5.11 Å². The maximum atomic E-state index is 11.6. The molecule has 0 radical (unpaired) electrons. The smallest absolute Gasteiger partial charge is 0.303 e. The molecule has 118 valence electrons. The van der Waals surface area contributed by atoms with Crippen LogP contribution in [0.3, 0.4) is 0 Å². The van der Waals surface area contributed by atoms with Gasteiger partial charge >= 0.3 is 5.97 Å². The molecule has 0 rings (SSSR count). The Morgan fingerprint density at radius 1 is 1.15 bits per heavy atom. The first-order chi connectivity index (χ1) is 9.05. The molecule has 0 aliphatic heterocycles. The summed E-state index contributed by atoms with van der Waals surface area (Å²) < 4.78 is 22.5. The molecule has 1 amide bonds. The minimum absolute atomic E-state index is 0.108. The first kappa shape index (κ1) is 18.9. The maximum Gasteiger partial charge on any atom is 0.303 e. The Labute approximate surface area is 120 Å². The van der Waals surface area contributed by atoms with Crippen molar-refractivity contribution in [3.63, 3.8) is 0 Å². The van der Waals surface area contributed by atoms with Gasteiger partial charge in [-0.3, -0.25) is 9.59 Å². The molecular weight excluding hydrogens is 282 g/mol. The number of carboxylic acids is 1. The van der Waals surface area contributed by atoms with Crippen LogP contribution in [-0.4, -0.2) is 43.5 Å². The number of carboxylic acid groups (broad SMARTS) is 1. The van der Waals surface area contributed by atoms with Gasteiger partial charge in [0.05, 0.1) is 0 Å². The Kier molecular flexibility index (Phi) is 7.78. The van der Waals surface area contributed by atoms with Gasteiger partial charge in [-0.2, -0.15) is 0 Å². The van der Waals surface area contributed by atoms with E-state index in [1.54, 1.807) is 0 Å². The molecule has 0 heterocycles. The summed E-state index contributed by atoms with van der Waals surface area (Å²) in [6, 6.07) is 0. The highest BCUT2D eigenvalue weighted by Crippen LogP contribution is 2.20. The highest BCUT2D eigenvalue weighted by molar-refractivity contribution is 7.92. The standard InChI is InChI=1S/C13H25NO5S/c1-9(2)11(5-6-12(15)16)7-8-14-13(17)10(3)20(4,18)19/h9-11H,5-8H2,1-4H3,(H,14,17)(H,15,16). The quantitative estimate of drug-likeness (QED) is 0.663. The van der Waals surface area contributed by atoms with Crippen LogP contribution in [-0.2, 0) is 19.4 Å². The fourth-order valence-corrected chi connectivity index (χ4v) is 2.31. The number of hydrogen-bond acceptors (Lipinski definition) is 4. The van der Waals surface area contributed by atoms with Crippen molar-refractivity contribution in [2.24, 2.45) is 11.8 Å². The molecule has 0 saturated heterocycles. The van der Waals surface area contributed by atoms with E-state index < -0.39 is 27.0 Å². The molecule has 0 aromatic rings. The third kappa shape index (κ3) is 7.47. The summed E-state index contributed by atoms with van der Waals surface area (Å²) >= 11 is 0. The van der Waals surface area contributed by atoms with Crippen LogP contribution in [0.5, 0.6) is 0 Å². The van der Waals surface area contributed by atoms with Crippen LogP contribution in [0.4, 0.5) is 0 Å². The predicted octanol–water partition coefficient (Wildman–Crippen LogP) is 1.06. The summed E-state index contributed by atoms with van der Waals surface area (Å²) in [6.45, 7) is 5.73. The topological polar surface area (TPSA) is 101 Å². The molecule has 0 spiro atoms. The van der Waals surface area contributed by atoms with Gasteiger partial charge < -0.3 is 10.4 Å². The summed E-state index contributed by atoms with van der Waals surface area (Å²) in [5.74, 6) is -0.822. The lowest BCUT2D eigenvalue weighted by atomic mass is 9.88. The Morgan fingerprint density at radius 3 is 2.10 bits per heavy atom. The molecule has 6 nitrogen and oxygen atoms in total. The summed E-state index contributed by atoms with van der Waals surface area (Å²) in [7, 11) is -3.38. The third-order valence-corrected chi connectivity index (χ3v) is 5.00. The normalized spacial score (nSPS) is 14.8. The second kappa shape index (κ2) is 8.24. The Hall–Kier alpha value is -1.11. The molecule has 7 heteroatoms. The fraction of sp³-hybridized carbons (Fsp3) is 0.846. The van der Waals surface area contributed by atoms with Gasteiger partial charge in [-0.15, -0.1) is 0 Å². The molecule has 0 fully saturated rings. The van der Waals surface area contributed by atoms with Crippen molar-refractivity contribution in [1.82, 2.24) is 5.32 Å². The van der Waals surface area contributed by atoms with E-state index >= 15 is 0 Å². The number of aliphatic carboxylic acids is 1. The minimum atomic E-state index is -3.38. The van der Waals surface area contributed by atoms with Gasteiger partial charge in [-0.1, -0.05) is 13.8 Å². The van der Waals surface area contributed by atoms with Gasteiger partial charge in [-0.25, -0.2) is 8.42 Å². The number of sulfone groups is 1. The van der Waals surface area contributed by atoms with Gasteiger partial charge in [0.25, 0.3) is 0 Å². The van der Waals surface area contributed by atoms with E-state index in [0.29, 0.717) is 25.3 Å². The van der Waals surface area contributed by atoms with Crippen LogP contribution < -0.4 is 5.32 Å². The molecule has 20 heavy (non-hydrogen) atoms. The number of nitrogens with one attached hydrogen (secondary N) is 1. The van der Waals surface area contributed by atoms with Crippen LogP contribution in [0.2, 0.25) is 0 Å². The lowest BCUT2D eigenvalue weighted by Crippen LogP contribution is -2.38. The van der Waals surface area contributed by atoms with Crippen molar-refractivity contribution in [3.05, 3.63) is 0 Å². The number of rotatable bonds is 9. The van der Waals surface area contributed by atoms with E-state index in [0.717, 1.165) is 6.26 Å². The highest BCUT2D eigenvalue weighted by atomic mass is 32.2. The molecule has 0 aromatic heterocycles. The van der Waals surface area contributed by atoms with Gasteiger partial charge in [0.2, 0.25) is 5.91 Å². The average Bonchev–Trinajstić information content (AvgIpc) is 2.30. The molecule has 2 atom stereocenters. The lowest BCUT2D eigenvalue weighted by Gasteiger charge is -2.20. The van der Waals surface area contributed by atoms with Crippen LogP contribution in [0.25, 0.3) is 0 Å². The third-order valence-electron chi connectivity index (χ3n) is 3.50. The second-order valence-electron chi connectivity index (χ2n) is 5.49. The number of carbonyl (C=O) groups is 2. The first-order valence-electron chi connectivity index (χ1n) is 6.74. The zero-order chi connectivity index (χ0) is 15.9. The zero-order valence-corrected chi connectivity index (χ0v) is 13.4. The monoisotopic (exact) mass is 307 g/mol. The van der Waals surface area contributed by atoms with Crippen molar-refractivity contribution in [2.45, 2.75) is 45.3 Å². The predicted molar refractivity (Wildman–Crippen MR) is 77.1 cm³/mol. The largest absolute Gasteiger partial charge is 0.481 e. The van der Waals surface area contributed by atoms with E-state index in [1.165, 1.54) is 6.92 Å². The maximum absolute atomic E-state index is 11.6. The summed E-state index contributed by atoms with van der Waals surface area (Å²) in [6.07, 6.45) is 2.34. The first-order valence-corrected chi connectivity index (χ1v) is 8.69. The Balaban J connectivity index is 4.24. The minimum Gasteiger partial charge on any atom is -0.481 e. The van der Waals surface area contributed by atoms with Crippen LogP contribution in [0.1, 0.15) is 40.0 Å². The molecule has 0 aliphatic carbocycles. The summed E-state index contributed by atoms with van der Waals surface area (Å²) in [4.78, 5) is 22.2. The molecule has 0 aromatic carbocycles. The zero-order valence-electron chi connectivity index (χ0n) is 12.5. The molecule has 2 unspecified atom stereocenters. The van der Waals surface area contributed by atoms with Crippen LogP contribution >= 0.6 is 0 Å². The van der Waals surface area contributed by atoms with Crippen molar-refractivity contribution >= 4 is 21.7 Å². The molecule has 2 N–H and O–H groups in total. The molecule has 0 bridgehead atoms. The molecule has 0 saturated carbocycles. The summed E-state index contributed by atoms with van der Waals surface area (Å²) in [5, 5.41) is 10.2. The SMILES string of the molecule is CC(C)C(CCNC(=O)C(C)S(C)(=O)=O)CCC(=O)O. The molecule has 0 aliphatic rings.